The average molecular weight is 895 g/mol. The van der Waals surface area contributed by atoms with E-state index in [0.717, 1.165) is 106 Å². The summed E-state index contributed by atoms with van der Waals surface area (Å²) in [6.07, 6.45) is 0. The van der Waals surface area contributed by atoms with E-state index >= 15 is 0 Å². The molecule has 14 rings (SSSR count). The van der Waals surface area contributed by atoms with Crippen molar-refractivity contribution in [2.24, 2.45) is 0 Å². The Morgan fingerprint density at radius 1 is 0.271 bits per heavy atom. The van der Waals surface area contributed by atoms with Crippen molar-refractivity contribution in [3.05, 3.63) is 255 Å². The summed E-state index contributed by atoms with van der Waals surface area (Å²) in [4.78, 5) is 2.37. The van der Waals surface area contributed by atoms with Crippen LogP contribution in [0.3, 0.4) is 0 Å². The Balaban J connectivity index is 0.938. The van der Waals surface area contributed by atoms with Crippen LogP contribution in [0.2, 0.25) is 0 Å². The molecule has 0 saturated heterocycles. The largest absolute Gasteiger partial charge is 0.455 e. The molecule has 0 bridgehead atoms. The van der Waals surface area contributed by atoms with E-state index in [1.165, 1.54) is 27.4 Å². The van der Waals surface area contributed by atoms with E-state index in [-0.39, 0.29) is 0 Å². The molecule has 0 amide bonds. The van der Waals surface area contributed by atoms with Gasteiger partial charge < -0.3 is 18.3 Å². The lowest BCUT2D eigenvalue weighted by Gasteiger charge is -2.26. The molecule has 0 fully saturated rings. The number of fused-ring (bicyclic) bond motifs is 9. The molecule has 11 aromatic carbocycles. The first-order valence-corrected chi connectivity index (χ1v) is 23.8. The highest BCUT2D eigenvalue weighted by atomic mass is 16.3. The van der Waals surface area contributed by atoms with Crippen molar-refractivity contribution >= 4 is 82.7 Å². The van der Waals surface area contributed by atoms with Gasteiger partial charge in [0, 0.05) is 66.2 Å². The molecule has 0 N–H and O–H groups in total. The number of hydrogen-bond donors (Lipinski definition) is 0. The molecule has 0 spiro atoms. The fourth-order valence-corrected chi connectivity index (χ4v) is 10.7. The topological polar surface area (TPSA) is 34.5 Å². The molecule has 4 nitrogen and oxygen atoms in total. The first-order valence-electron chi connectivity index (χ1n) is 23.8. The summed E-state index contributed by atoms with van der Waals surface area (Å²) in [5.41, 5.74) is 19.0. The van der Waals surface area contributed by atoms with Crippen LogP contribution in [0, 0.1) is 0 Å². The van der Waals surface area contributed by atoms with Crippen molar-refractivity contribution in [2.45, 2.75) is 0 Å². The van der Waals surface area contributed by atoms with Crippen molar-refractivity contribution in [1.82, 2.24) is 4.57 Å². The number of benzene rings is 11. The van der Waals surface area contributed by atoms with Crippen molar-refractivity contribution in [2.75, 3.05) is 4.90 Å². The first kappa shape index (κ1) is 39.8. The highest BCUT2D eigenvalue weighted by Crippen LogP contribution is 2.45. The summed E-state index contributed by atoms with van der Waals surface area (Å²) >= 11 is 0. The molecule has 0 saturated carbocycles. The number of nitrogens with zero attached hydrogens (tertiary/aromatic N) is 2. The molecular weight excluding hydrogens is 853 g/mol. The predicted octanol–water partition coefficient (Wildman–Crippen LogP) is 18.7. The lowest BCUT2D eigenvalue weighted by molar-refractivity contribution is 0.669. The number of aromatic nitrogens is 1. The molecule has 0 aliphatic rings. The molecule has 0 unspecified atom stereocenters. The fourth-order valence-electron chi connectivity index (χ4n) is 10.7. The molecule has 3 aromatic heterocycles. The minimum atomic E-state index is 0.882. The van der Waals surface area contributed by atoms with Gasteiger partial charge in [0.05, 0.1) is 11.0 Å². The number of rotatable bonds is 8. The van der Waals surface area contributed by atoms with Gasteiger partial charge >= 0.3 is 0 Å². The lowest BCUT2D eigenvalue weighted by atomic mass is 9.95. The van der Waals surface area contributed by atoms with Crippen molar-refractivity contribution in [3.8, 4) is 50.2 Å². The quantitative estimate of drug-likeness (QED) is 0.152. The Hall–Kier alpha value is -9.38. The van der Waals surface area contributed by atoms with Gasteiger partial charge in [0.1, 0.15) is 22.3 Å². The molecular formula is C66H42N2O2. The zero-order valence-corrected chi connectivity index (χ0v) is 38.0. The maximum absolute atomic E-state index is 6.66. The van der Waals surface area contributed by atoms with Crippen LogP contribution in [0.25, 0.3) is 116 Å². The van der Waals surface area contributed by atoms with Gasteiger partial charge in [-0.25, -0.2) is 0 Å². The van der Waals surface area contributed by atoms with Crippen LogP contribution in [-0.4, -0.2) is 4.57 Å². The number of anilines is 3. The third-order valence-electron chi connectivity index (χ3n) is 14.0. The molecule has 0 aliphatic heterocycles. The second kappa shape index (κ2) is 16.2. The van der Waals surface area contributed by atoms with Gasteiger partial charge in [-0.05, 0) is 130 Å². The van der Waals surface area contributed by atoms with Crippen molar-refractivity contribution in [1.29, 1.82) is 0 Å². The number of para-hydroxylation sites is 4. The van der Waals surface area contributed by atoms with Gasteiger partial charge in [-0.15, -0.1) is 0 Å². The van der Waals surface area contributed by atoms with E-state index < -0.39 is 0 Å². The van der Waals surface area contributed by atoms with Crippen LogP contribution >= 0.6 is 0 Å². The van der Waals surface area contributed by atoms with E-state index in [2.05, 4.69) is 252 Å². The van der Waals surface area contributed by atoms with Crippen molar-refractivity contribution < 1.29 is 8.83 Å². The maximum atomic E-state index is 6.66. The van der Waals surface area contributed by atoms with Gasteiger partial charge in [-0.1, -0.05) is 158 Å². The number of furan rings is 2. The summed E-state index contributed by atoms with van der Waals surface area (Å²) < 4.78 is 15.7. The van der Waals surface area contributed by atoms with E-state index in [1.807, 2.05) is 12.1 Å². The fraction of sp³-hybridized carbons (Fsp3) is 0. The van der Waals surface area contributed by atoms with E-state index in [0.29, 0.717) is 0 Å². The lowest BCUT2D eigenvalue weighted by Crippen LogP contribution is -2.10. The van der Waals surface area contributed by atoms with Gasteiger partial charge in [0.15, 0.2) is 0 Å². The minimum absolute atomic E-state index is 0.882. The second-order valence-electron chi connectivity index (χ2n) is 18.0. The van der Waals surface area contributed by atoms with Gasteiger partial charge in [-0.2, -0.15) is 0 Å². The van der Waals surface area contributed by atoms with Gasteiger partial charge in [0.2, 0.25) is 0 Å². The van der Waals surface area contributed by atoms with Crippen LogP contribution in [0.1, 0.15) is 0 Å². The molecule has 0 atom stereocenters. The highest BCUT2D eigenvalue weighted by Gasteiger charge is 2.21. The second-order valence-corrected chi connectivity index (χ2v) is 18.0. The molecule has 328 valence electrons. The standard InChI is InChI=1S/C66H42N2O2/c1-4-16-43(17-5-1)47-38-56(65-59(40-47)54-23-11-14-26-63(54)69-65)45-28-32-50(33-29-45)67(52-36-37-62-58(42-52)53-22-10-13-25-61(53)68(62)49-20-8-3-9-21-49)51-34-30-46(31-35-51)57-39-48(44-18-6-2-7-19-44)41-60-55-24-12-15-27-64(55)70-66(57)60/h1-42H. The van der Waals surface area contributed by atoms with E-state index in [9.17, 15) is 0 Å². The van der Waals surface area contributed by atoms with Crippen LogP contribution in [0.15, 0.2) is 264 Å². The zero-order chi connectivity index (χ0) is 46.1. The highest BCUT2D eigenvalue weighted by molar-refractivity contribution is 6.14. The van der Waals surface area contributed by atoms with Gasteiger partial charge in [-0.3, -0.25) is 0 Å². The van der Waals surface area contributed by atoms with E-state index in [4.69, 9.17) is 8.83 Å². The molecule has 0 aliphatic carbocycles. The average Bonchev–Trinajstić information content (AvgIpc) is 4.11. The van der Waals surface area contributed by atoms with Crippen LogP contribution in [0.5, 0.6) is 0 Å². The predicted molar refractivity (Wildman–Crippen MR) is 292 cm³/mol. The first-order chi connectivity index (χ1) is 34.7. The normalized spacial score (nSPS) is 11.7. The minimum Gasteiger partial charge on any atom is -0.455 e. The molecule has 14 aromatic rings. The summed E-state index contributed by atoms with van der Waals surface area (Å²) in [5.74, 6) is 0. The Labute approximate surface area is 404 Å². The maximum Gasteiger partial charge on any atom is 0.143 e. The van der Waals surface area contributed by atoms with Gasteiger partial charge in [0.25, 0.3) is 0 Å². The smallest absolute Gasteiger partial charge is 0.143 e. The van der Waals surface area contributed by atoms with Crippen molar-refractivity contribution in [3.63, 3.8) is 0 Å². The summed E-state index contributed by atoms with van der Waals surface area (Å²) in [5, 5.41) is 6.82. The molecule has 3 heterocycles. The summed E-state index contributed by atoms with van der Waals surface area (Å²) in [6.45, 7) is 0. The third kappa shape index (κ3) is 6.53. The number of hydrogen-bond acceptors (Lipinski definition) is 3. The summed E-state index contributed by atoms with van der Waals surface area (Å²) in [7, 11) is 0. The third-order valence-corrected chi connectivity index (χ3v) is 14.0. The Morgan fingerprint density at radius 2 is 0.700 bits per heavy atom. The Morgan fingerprint density at radius 3 is 1.23 bits per heavy atom. The van der Waals surface area contributed by atoms with Crippen LogP contribution in [0.4, 0.5) is 17.1 Å². The zero-order valence-electron chi connectivity index (χ0n) is 38.0. The molecule has 70 heavy (non-hydrogen) atoms. The Bertz CT molecular complexity index is 4060. The van der Waals surface area contributed by atoms with Crippen LogP contribution < -0.4 is 4.90 Å². The molecule has 4 heteroatoms. The molecule has 0 radical (unpaired) electrons. The van der Waals surface area contributed by atoms with Crippen LogP contribution in [-0.2, 0) is 0 Å². The SMILES string of the molecule is c1ccc(-c2cc(-c3ccc(N(c4ccc(-c5cc(-c6ccccc6)cc6c5oc5ccccc56)cc4)c4ccc5c(c4)c4ccccc4n5-c4ccccc4)cc3)c3oc4ccccc4c3c2)cc1. The monoisotopic (exact) mass is 894 g/mol. The summed E-state index contributed by atoms with van der Waals surface area (Å²) in [6, 6.07) is 91.1. The van der Waals surface area contributed by atoms with E-state index in [1.54, 1.807) is 0 Å². The Kier molecular flexibility index (Phi) is 9.17.